The molecular formula is C11H24N2O3S. The van der Waals surface area contributed by atoms with Crippen molar-refractivity contribution in [3.8, 4) is 0 Å². The Bertz CT molecular complexity index is 320. The van der Waals surface area contributed by atoms with Crippen molar-refractivity contribution in [1.29, 1.82) is 0 Å². The lowest BCUT2D eigenvalue weighted by atomic mass is 9.85. The van der Waals surface area contributed by atoms with E-state index >= 15 is 0 Å². The van der Waals surface area contributed by atoms with Gasteiger partial charge in [-0.05, 0) is 12.8 Å². The van der Waals surface area contributed by atoms with Crippen molar-refractivity contribution < 1.29 is 13.5 Å². The van der Waals surface area contributed by atoms with E-state index in [-0.39, 0.29) is 6.54 Å². The van der Waals surface area contributed by atoms with Gasteiger partial charge in [-0.15, -0.1) is 0 Å². The molecule has 1 saturated carbocycles. The highest BCUT2D eigenvalue weighted by Gasteiger charge is 2.31. The fourth-order valence-electron chi connectivity index (χ4n) is 2.27. The zero-order chi connectivity index (χ0) is 12.9. The molecule has 0 aromatic carbocycles. The highest BCUT2D eigenvalue weighted by atomic mass is 32.2. The number of rotatable bonds is 6. The van der Waals surface area contributed by atoms with Gasteiger partial charge in [-0.3, -0.25) is 0 Å². The number of nitrogens with zero attached hydrogens (tertiary/aromatic N) is 1. The average Bonchev–Trinajstić information content (AvgIpc) is 2.29. The second-order valence-corrected chi connectivity index (χ2v) is 6.45. The molecule has 1 aliphatic carbocycles. The molecule has 1 fully saturated rings. The average molecular weight is 264 g/mol. The molecule has 102 valence electrons. The summed E-state index contributed by atoms with van der Waals surface area (Å²) in [7, 11) is -3.44. The molecule has 5 nitrogen and oxygen atoms in total. The zero-order valence-electron chi connectivity index (χ0n) is 10.8. The highest BCUT2D eigenvalue weighted by molar-refractivity contribution is 7.87. The highest BCUT2D eigenvalue weighted by Crippen LogP contribution is 2.27. The fraction of sp³-hybridized carbons (Fsp3) is 1.00. The minimum atomic E-state index is -3.44. The summed E-state index contributed by atoms with van der Waals surface area (Å²) in [5.41, 5.74) is -0.849. The molecule has 6 heteroatoms. The number of hydrogen-bond acceptors (Lipinski definition) is 3. The monoisotopic (exact) mass is 264 g/mol. The van der Waals surface area contributed by atoms with Gasteiger partial charge in [-0.2, -0.15) is 17.4 Å². The van der Waals surface area contributed by atoms with E-state index in [2.05, 4.69) is 4.72 Å². The summed E-state index contributed by atoms with van der Waals surface area (Å²) in [6, 6.07) is 0. The van der Waals surface area contributed by atoms with Gasteiger partial charge in [-0.25, -0.2) is 0 Å². The molecule has 0 aromatic heterocycles. The Morgan fingerprint density at radius 3 is 2.18 bits per heavy atom. The molecule has 0 spiro atoms. The lowest BCUT2D eigenvalue weighted by Gasteiger charge is -2.32. The van der Waals surface area contributed by atoms with Crippen LogP contribution in [0.5, 0.6) is 0 Å². The van der Waals surface area contributed by atoms with Gasteiger partial charge in [-0.1, -0.05) is 33.1 Å². The molecule has 0 radical (unpaired) electrons. The normalized spacial score (nSPS) is 20.7. The van der Waals surface area contributed by atoms with Crippen LogP contribution in [0.25, 0.3) is 0 Å². The first-order valence-corrected chi connectivity index (χ1v) is 7.84. The van der Waals surface area contributed by atoms with Gasteiger partial charge >= 0.3 is 0 Å². The maximum absolute atomic E-state index is 11.9. The summed E-state index contributed by atoms with van der Waals surface area (Å²) in [5.74, 6) is 0. The predicted octanol–water partition coefficient (Wildman–Crippen LogP) is 0.858. The number of hydrogen-bond donors (Lipinski definition) is 2. The van der Waals surface area contributed by atoms with Crippen LogP contribution in [-0.4, -0.2) is 43.1 Å². The van der Waals surface area contributed by atoms with E-state index < -0.39 is 15.8 Å². The van der Waals surface area contributed by atoms with Gasteiger partial charge in [0.25, 0.3) is 10.2 Å². The van der Waals surface area contributed by atoms with Crippen LogP contribution in [0.15, 0.2) is 0 Å². The van der Waals surface area contributed by atoms with Gasteiger partial charge < -0.3 is 5.11 Å². The summed E-state index contributed by atoms with van der Waals surface area (Å²) in [5, 5.41) is 10.2. The standard InChI is InChI=1S/C11H24N2O3S/c1-3-13(4-2)17(15,16)12-10-11(14)8-6-5-7-9-11/h12,14H,3-10H2,1-2H3. The first-order chi connectivity index (χ1) is 7.93. The Morgan fingerprint density at radius 2 is 1.71 bits per heavy atom. The molecule has 2 N–H and O–H groups in total. The molecule has 0 atom stereocenters. The van der Waals surface area contributed by atoms with Gasteiger partial charge in [0, 0.05) is 19.6 Å². The first kappa shape index (κ1) is 14.9. The summed E-state index contributed by atoms with van der Waals surface area (Å²) >= 11 is 0. The third kappa shape index (κ3) is 4.21. The minimum Gasteiger partial charge on any atom is -0.389 e. The van der Waals surface area contributed by atoms with Gasteiger partial charge in [0.15, 0.2) is 0 Å². The maximum atomic E-state index is 11.9. The predicted molar refractivity (Wildman–Crippen MR) is 67.9 cm³/mol. The van der Waals surface area contributed by atoms with Crippen LogP contribution < -0.4 is 4.72 Å². The van der Waals surface area contributed by atoms with Crippen LogP contribution in [0.1, 0.15) is 46.0 Å². The molecule has 0 unspecified atom stereocenters. The number of nitrogens with one attached hydrogen (secondary N) is 1. The van der Waals surface area contributed by atoms with E-state index in [9.17, 15) is 13.5 Å². The van der Waals surface area contributed by atoms with Crippen LogP contribution in [0.2, 0.25) is 0 Å². The second-order valence-electron chi connectivity index (χ2n) is 4.70. The van der Waals surface area contributed by atoms with E-state index in [4.69, 9.17) is 0 Å². The van der Waals surface area contributed by atoms with Crippen LogP contribution in [0, 0.1) is 0 Å². The van der Waals surface area contributed by atoms with Crippen LogP contribution in [-0.2, 0) is 10.2 Å². The second kappa shape index (κ2) is 6.13. The maximum Gasteiger partial charge on any atom is 0.279 e. The van der Waals surface area contributed by atoms with Crippen molar-refractivity contribution in [2.24, 2.45) is 0 Å². The topological polar surface area (TPSA) is 69.6 Å². The third-order valence-electron chi connectivity index (χ3n) is 3.41. The molecule has 1 aliphatic rings. The molecule has 0 heterocycles. The van der Waals surface area contributed by atoms with Crippen molar-refractivity contribution in [2.45, 2.75) is 51.6 Å². The Hall–Kier alpha value is -0.170. The zero-order valence-corrected chi connectivity index (χ0v) is 11.6. The largest absolute Gasteiger partial charge is 0.389 e. The quantitative estimate of drug-likeness (QED) is 0.747. The first-order valence-electron chi connectivity index (χ1n) is 6.40. The molecule has 0 bridgehead atoms. The van der Waals surface area contributed by atoms with Crippen molar-refractivity contribution in [3.05, 3.63) is 0 Å². The van der Waals surface area contributed by atoms with Crippen molar-refractivity contribution in [3.63, 3.8) is 0 Å². The Kier molecular flexibility index (Phi) is 5.37. The van der Waals surface area contributed by atoms with Crippen LogP contribution in [0.3, 0.4) is 0 Å². The van der Waals surface area contributed by atoms with Gasteiger partial charge in [0.05, 0.1) is 5.60 Å². The summed E-state index contributed by atoms with van der Waals surface area (Å²) < 4.78 is 27.6. The summed E-state index contributed by atoms with van der Waals surface area (Å²) in [6.07, 6.45) is 4.46. The summed E-state index contributed by atoms with van der Waals surface area (Å²) in [6.45, 7) is 4.64. The smallest absolute Gasteiger partial charge is 0.279 e. The van der Waals surface area contributed by atoms with Crippen LogP contribution in [0.4, 0.5) is 0 Å². The van der Waals surface area contributed by atoms with Crippen molar-refractivity contribution >= 4 is 10.2 Å². The Labute approximate surface area is 104 Å². The van der Waals surface area contributed by atoms with Gasteiger partial charge in [0.2, 0.25) is 0 Å². The summed E-state index contributed by atoms with van der Waals surface area (Å²) in [4.78, 5) is 0. The van der Waals surface area contributed by atoms with E-state index in [0.29, 0.717) is 25.9 Å². The molecule has 0 aliphatic heterocycles. The molecule has 1 rings (SSSR count). The van der Waals surface area contributed by atoms with Gasteiger partial charge in [0.1, 0.15) is 0 Å². The number of aliphatic hydroxyl groups is 1. The van der Waals surface area contributed by atoms with Crippen molar-refractivity contribution in [1.82, 2.24) is 9.03 Å². The SMILES string of the molecule is CCN(CC)S(=O)(=O)NCC1(O)CCCCC1. The lowest BCUT2D eigenvalue weighted by molar-refractivity contribution is 0.00915. The Balaban J connectivity index is 2.54. The van der Waals surface area contributed by atoms with Crippen molar-refractivity contribution in [2.75, 3.05) is 19.6 Å². The van der Waals surface area contributed by atoms with E-state index in [1.807, 2.05) is 0 Å². The molecule has 17 heavy (non-hydrogen) atoms. The van der Waals surface area contributed by atoms with E-state index in [0.717, 1.165) is 19.3 Å². The van der Waals surface area contributed by atoms with Crippen LogP contribution >= 0.6 is 0 Å². The lowest BCUT2D eigenvalue weighted by Crippen LogP contribution is -2.48. The Morgan fingerprint density at radius 1 is 1.18 bits per heavy atom. The fourth-order valence-corrected chi connectivity index (χ4v) is 3.58. The van der Waals surface area contributed by atoms with E-state index in [1.165, 1.54) is 4.31 Å². The van der Waals surface area contributed by atoms with E-state index in [1.54, 1.807) is 13.8 Å². The molecular weight excluding hydrogens is 240 g/mol. The molecule has 0 amide bonds. The molecule has 0 aromatic rings. The minimum absolute atomic E-state index is 0.131. The molecule has 0 saturated heterocycles. The third-order valence-corrected chi connectivity index (χ3v) is 5.12.